The van der Waals surface area contributed by atoms with Gasteiger partial charge in [0.25, 0.3) is 0 Å². The Labute approximate surface area is 266 Å². The molecule has 0 bridgehead atoms. The van der Waals surface area contributed by atoms with E-state index >= 15 is 0 Å². The van der Waals surface area contributed by atoms with Crippen LogP contribution in [-0.2, 0) is 18.9 Å². The molecule has 0 aromatic carbocycles. The first-order valence-corrected chi connectivity index (χ1v) is 14.5. The standard InChI is InChI=1S/2C16H28N4O2/c2*1-13(2,21-7)9-15(5,11-17)19-20-16(6,12-18)10-14(3,4)22-8/h2*9-10H2,1-8H3. The van der Waals surface area contributed by atoms with Crippen LogP contribution in [0, 0.1) is 45.3 Å². The Hall–Kier alpha value is -3.00. The van der Waals surface area contributed by atoms with Gasteiger partial charge in [-0.05, 0) is 83.1 Å². The molecule has 0 aliphatic rings. The van der Waals surface area contributed by atoms with Gasteiger partial charge in [0, 0.05) is 54.1 Å². The van der Waals surface area contributed by atoms with Crippen molar-refractivity contribution in [3.8, 4) is 24.3 Å². The van der Waals surface area contributed by atoms with Crippen molar-refractivity contribution in [2.75, 3.05) is 28.4 Å². The summed E-state index contributed by atoms with van der Waals surface area (Å²) in [6.45, 7) is 21.8. The van der Waals surface area contributed by atoms with Crippen molar-refractivity contribution in [1.29, 1.82) is 21.0 Å². The molecule has 12 nitrogen and oxygen atoms in total. The topological polar surface area (TPSA) is 182 Å². The van der Waals surface area contributed by atoms with E-state index in [-0.39, 0.29) is 0 Å². The second kappa shape index (κ2) is 16.4. The van der Waals surface area contributed by atoms with Crippen molar-refractivity contribution in [1.82, 2.24) is 0 Å². The second-order valence-corrected chi connectivity index (χ2v) is 14.5. The minimum absolute atomic E-state index is 0.381. The fraction of sp³-hybridized carbons (Fsp3) is 0.875. The van der Waals surface area contributed by atoms with Crippen LogP contribution in [0.1, 0.15) is 109 Å². The lowest BCUT2D eigenvalue weighted by Crippen LogP contribution is -2.37. The summed E-state index contributed by atoms with van der Waals surface area (Å²) in [5, 5.41) is 54.4. The molecule has 0 rings (SSSR count). The molecule has 44 heavy (non-hydrogen) atoms. The Kier molecular flexibility index (Phi) is 16.0. The largest absolute Gasteiger partial charge is 0.379 e. The fourth-order valence-corrected chi connectivity index (χ4v) is 4.43. The van der Waals surface area contributed by atoms with Crippen molar-refractivity contribution in [3.63, 3.8) is 0 Å². The zero-order valence-electron chi connectivity index (χ0n) is 30.0. The molecule has 0 amide bonds. The highest BCUT2D eigenvalue weighted by molar-refractivity contribution is 5.11. The van der Waals surface area contributed by atoms with E-state index in [0.717, 1.165) is 0 Å². The van der Waals surface area contributed by atoms with E-state index in [0.29, 0.717) is 25.7 Å². The molecule has 0 fully saturated rings. The second-order valence-electron chi connectivity index (χ2n) is 14.5. The minimum atomic E-state index is -1.05. The Balaban J connectivity index is 0. The molecule has 248 valence electrons. The number of nitrogens with zero attached hydrogens (tertiary/aromatic N) is 8. The molecule has 0 heterocycles. The summed E-state index contributed by atoms with van der Waals surface area (Å²) in [7, 11) is 6.37. The summed E-state index contributed by atoms with van der Waals surface area (Å²) in [6, 6.07) is 8.65. The number of azo groups is 2. The summed E-state index contributed by atoms with van der Waals surface area (Å²) in [5.74, 6) is 0. The van der Waals surface area contributed by atoms with E-state index in [4.69, 9.17) is 18.9 Å². The number of hydrogen-bond acceptors (Lipinski definition) is 12. The quantitative estimate of drug-likeness (QED) is 0.162. The van der Waals surface area contributed by atoms with Gasteiger partial charge in [0.1, 0.15) is 0 Å². The predicted octanol–water partition coefficient (Wildman–Crippen LogP) is 7.27. The van der Waals surface area contributed by atoms with E-state index in [1.54, 1.807) is 56.1 Å². The molecular weight excluding hydrogens is 560 g/mol. The van der Waals surface area contributed by atoms with Gasteiger partial charge < -0.3 is 18.9 Å². The lowest BCUT2D eigenvalue weighted by Gasteiger charge is -2.31. The highest BCUT2D eigenvalue weighted by Crippen LogP contribution is 2.32. The maximum atomic E-state index is 9.43. The molecule has 0 N–H and O–H groups in total. The van der Waals surface area contributed by atoms with Crippen molar-refractivity contribution < 1.29 is 18.9 Å². The molecule has 0 aromatic rings. The van der Waals surface area contributed by atoms with Crippen molar-refractivity contribution >= 4 is 0 Å². The Morgan fingerprint density at radius 3 is 0.591 bits per heavy atom. The van der Waals surface area contributed by atoms with Gasteiger partial charge in [-0.2, -0.15) is 41.5 Å². The van der Waals surface area contributed by atoms with Crippen LogP contribution in [0.25, 0.3) is 0 Å². The minimum Gasteiger partial charge on any atom is -0.379 e. The SMILES string of the molecule is COC(C)(C)CC(C)(C#N)N=NC(C)(C#N)CC(C)(C)OC.COC(C)(C)CC(C)(C#N)N=NC(C)(C#N)CC(C)(C)OC. The molecule has 4 unspecified atom stereocenters. The van der Waals surface area contributed by atoms with Gasteiger partial charge in [-0.3, -0.25) is 0 Å². The first kappa shape index (κ1) is 43.1. The zero-order valence-corrected chi connectivity index (χ0v) is 30.0. The monoisotopic (exact) mass is 616 g/mol. The first-order valence-electron chi connectivity index (χ1n) is 14.5. The van der Waals surface area contributed by atoms with Crippen molar-refractivity contribution in [2.24, 2.45) is 20.5 Å². The van der Waals surface area contributed by atoms with Crippen LogP contribution in [-0.4, -0.2) is 73.0 Å². The fourth-order valence-electron chi connectivity index (χ4n) is 4.43. The summed E-state index contributed by atoms with van der Waals surface area (Å²) in [6.07, 6.45) is 1.52. The van der Waals surface area contributed by atoms with Crippen molar-refractivity contribution in [2.45, 2.75) is 153 Å². The lowest BCUT2D eigenvalue weighted by atomic mass is 9.88. The van der Waals surface area contributed by atoms with Crippen LogP contribution in [0.3, 0.4) is 0 Å². The highest BCUT2D eigenvalue weighted by atomic mass is 16.5. The van der Waals surface area contributed by atoms with Crippen LogP contribution in [0.4, 0.5) is 0 Å². The van der Waals surface area contributed by atoms with Crippen molar-refractivity contribution in [3.05, 3.63) is 0 Å². The molecule has 0 radical (unpaired) electrons. The average Bonchev–Trinajstić information content (AvgIpc) is 2.94. The summed E-state index contributed by atoms with van der Waals surface area (Å²) in [4.78, 5) is 0. The normalized spacial score (nSPS) is 18.3. The van der Waals surface area contributed by atoms with E-state index in [2.05, 4.69) is 44.7 Å². The zero-order chi connectivity index (χ0) is 35.3. The van der Waals surface area contributed by atoms with E-state index in [1.807, 2.05) is 55.4 Å². The van der Waals surface area contributed by atoms with Crippen LogP contribution in [0.2, 0.25) is 0 Å². The molecular formula is C32H56N8O4. The van der Waals surface area contributed by atoms with Gasteiger partial charge >= 0.3 is 0 Å². The third kappa shape index (κ3) is 16.2. The van der Waals surface area contributed by atoms with Gasteiger partial charge in [0.15, 0.2) is 22.2 Å². The van der Waals surface area contributed by atoms with Gasteiger partial charge in [-0.1, -0.05) is 0 Å². The maximum absolute atomic E-state index is 9.43. The molecule has 0 aliphatic carbocycles. The van der Waals surface area contributed by atoms with Crippen LogP contribution < -0.4 is 0 Å². The Bertz CT molecular complexity index is 977. The predicted molar refractivity (Wildman–Crippen MR) is 169 cm³/mol. The van der Waals surface area contributed by atoms with Gasteiger partial charge in [-0.25, -0.2) is 0 Å². The first-order chi connectivity index (χ1) is 19.7. The highest BCUT2D eigenvalue weighted by Gasteiger charge is 2.38. The third-order valence-electron chi connectivity index (χ3n) is 7.24. The third-order valence-corrected chi connectivity index (χ3v) is 7.24. The molecule has 0 saturated carbocycles. The molecule has 4 atom stereocenters. The van der Waals surface area contributed by atoms with E-state index in [1.165, 1.54) is 0 Å². The summed E-state index contributed by atoms with van der Waals surface area (Å²) in [5.41, 5.74) is -6.19. The van der Waals surface area contributed by atoms with Crippen LogP contribution in [0.5, 0.6) is 0 Å². The van der Waals surface area contributed by atoms with E-state index in [9.17, 15) is 21.0 Å². The maximum Gasteiger partial charge on any atom is 0.167 e. The van der Waals surface area contributed by atoms with Crippen LogP contribution >= 0.6 is 0 Å². The van der Waals surface area contributed by atoms with Gasteiger partial charge in [0.05, 0.1) is 46.7 Å². The Morgan fingerprint density at radius 1 is 0.364 bits per heavy atom. The van der Waals surface area contributed by atoms with Gasteiger partial charge in [0.2, 0.25) is 0 Å². The Morgan fingerprint density at radius 2 is 0.500 bits per heavy atom. The summed E-state index contributed by atoms with van der Waals surface area (Å²) >= 11 is 0. The van der Waals surface area contributed by atoms with E-state index < -0.39 is 44.6 Å². The van der Waals surface area contributed by atoms with Crippen LogP contribution in [0.15, 0.2) is 20.5 Å². The lowest BCUT2D eigenvalue weighted by molar-refractivity contribution is 0.000704. The molecule has 0 aromatic heterocycles. The number of methoxy groups -OCH3 is 4. The number of rotatable bonds is 16. The molecule has 0 aliphatic heterocycles. The van der Waals surface area contributed by atoms with Gasteiger partial charge in [-0.15, -0.1) is 0 Å². The molecule has 12 heteroatoms. The smallest absolute Gasteiger partial charge is 0.167 e. The summed E-state index contributed by atoms with van der Waals surface area (Å²) < 4.78 is 21.4. The number of ether oxygens (including phenoxy) is 4. The molecule has 0 spiro atoms. The number of nitriles is 4. The molecule has 0 saturated heterocycles. The number of hydrogen-bond donors (Lipinski definition) is 0. The average molecular weight is 617 g/mol.